The highest BCUT2D eigenvalue weighted by Crippen LogP contribution is 2.09. The Hall–Kier alpha value is -0.880. The molecular formula is C10H19N3O2S. The van der Waals surface area contributed by atoms with Gasteiger partial charge in [-0.05, 0) is 25.7 Å². The van der Waals surface area contributed by atoms with E-state index in [9.17, 15) is 8.42 Å². The molecule has 0 aromatic carbocycles. The van der Waals surface area contributed by atoms with Crippen LogP contribution in [0.15, 0.2) is 17.6 Å². The van der Waals surface area contributed by atoms with Gasteiger partial charge in [-0.25, -0.2) is 18.1 Å². The number of nitrogens with zero attached hydrogens (tertiary/aromatic N) is 1. The lowest BCUT2D eigenvalue weighted by Gasteiger charge is -2.14. The number of imidazole rings is 1. The molecule has 1 aromatic rings. The van der Waals surface area contributed by atoms with E-state index in [4.69, 9.17) is 0 Å². The second kappa shape index (κ2) is 5.45. The van der Waals surface area contributed by atoms with Gasteiger partial charge in [0.15, 0.2) is 5.03 Å². The first-order valence-electron chi connectivity index (χ1n) is 5.42. The van der Waals surface area contributed by atoms with Gasteiger partial charge in [0.2, 0.25) is 0 Å². The zero-order valence-corrected chi connectivity index (χ0v) is 10.7. The Balaban J connectivity index is 2.54. The summed E-state index contributed by atoms with van der Waals surface area (Å²) in [6.45, 7) is 6.11. The van der Waals surface area contributed by atoms with E-state index in [0.29, 0.717) is 5.92 Å². The summed E-state index contributed by atoms with van der Waals surface area (Å²) in [5.74, 6) is 0.583. The molecule has 6 heteroatoms. The quantitative estimate of drug-likeness (QED) is 0.797. The molecule has 92 valence electrons. The first kappa shape index (κ1) is 13.2. The van der Waals surface area contributed by atoms with Crippen molar-refractivity contribution in [2.24, 2.45) is 5.92 Å². The molecular weight excluding hydrogens is 226 g/mol. The van der Waals surface area contributed by atoms with E-state index in [1.165, 1.54) is 12.5 Å². The molecule has 1 aromatic heterocycles. The Morgan fingerprint density at radius 2 is 2.06 bits per heavy atom. The van der Waals surface area contributed by atoms with Crippen molar-refractivity contribution in [1.82, 2.24) is 14.7 Å². The molecule has 0 bridgehead atoms. The average molecular weight is 245 g/mol. The standard InChI is InChI=1S/C10H19N3O2S/c1-8(2)4-5-9(3)13-16(14,15)10-6-11-7-12-10/h6-9,13H,4-5H2,1-3H3,(H,11,12). The lowest BCUT2D eigenvalue weighted by molar-refractivity contribution is 0.484. The van der Waals surface area contributed by atoms with Crippen molar-refractivity contribution in [1.29, 1.82) is 0 Å². The molecule has 1 rings (SSSR count). The molecule has 1 atom stereocenters. The van der Waals surface area contributed by atoms with Gasteiger partial charge >= 0.3 is 0 Å². The van der Waals surface area contributed by atoms with Gasteiger partial charge in [0.1, 0.15) is 0 Å². The maximum absolute atomic E-state index is 11.8. The Kier molecular flexibility index (Phi) is 4.49. The van der Waals surface area contributed by atoms with Crippen LogP contribution in [0, 0.1) is 5.92 Å². The molecule has 0 amide bonds. The third-order valence-corrected chi connectivity index (χ3v) is 3.81. The van der Waals surface area contributed by atoms with Crippen LogP contribution in [0.3, 0.4) is 0 Å². The van der Waals surface area contributed by atoms with E-state index in [1.54, 1.807) is 0 Å². The third kappa shape index (κ3) is 3.94. The van der Waals surface area contributed by atoms with Gasteiger partial charge in [0, 0.05) is 6.04 Å². The largest absolute Gasteiger partial charge is 0.335 e. The van der Waals surface area contributed by atoms with Crippen LogP contribution in [0.4, 0.5) is 0 Å². The zero-order chi connectivity index (χ0) is 12.2. The first-order valence-corrected chi connectivity index (χ1v) is 6.91. The molecule has 0 aliphatic heterocycles. The van der Waals surface area contributed by atoms with Crippen LogP contribution in [-0.2, 0) is 10.0 Å². The van der Waals surface area contributed by atoms with Gasteiger partial charge in [-0.1, -0.05) is 13.8 Å². The number of hydrogen-bond acceptors (Lipinski definition) is 3. The number of H-pyrrole nitrogens is 1. The molecule has 0 saturated heterocycles. The molecule has 16 heavy (non-hydrogen) atoms. The second-order valence-electron chi connectivity index (χ2n) is 4.41. The number of rotatable bonds is 6. The summed E-state index contributed by atoms with van der Waals surface area (Å²) in [5, 5.41) is 0.115. The van der Waals surface area contributed by atoms with Crippen molar-refractivity contribution in [3.8, 4) is 0 Å². The molecule has 0 spiro atoms. The maximum atomic E-state index is 11.8. The number of aromatic nitrogens is 2. The molecule has 1 heterocycles. The van der Waals surface area contributed by atoms with Crippen LogP contribution < -0.4 is 4.72 Å². The van der Waals surface area contributed by atoms with Gasteiger partial charge in [0.25, 0.3) is 10.0 Å². The highest BCUT2D eigenvalue weighted by Gasteiger charge is 2.18. The SMILES string of the molecule is CC(C)CCC(C)NS(=O)(=O)c1cnc[nH]1. The van der Waals surface area contributed by atoms with Crippen molar-refractivity contribution in [3.63, 3.8) is 0 Å². The van der Waals surface area contributed by atoms with Gasteiger partial charge in [-0.15, -0.1) is 0 Å². The van der Waals surface area contributed by atoms with E-state index in [1.807, 2.05) is 6.92 Å². The van der Waals surface area contributed by atoms with E-state index in [-0.39, 0.29) is 11.1 Å². The van der Waals surface area contributed by atoms with Crippen molar-refractivity contribution < 1.29 is 8.42 Å². The van der Waals surface area contributed by atoms with Crippen molar-refractivity contribution in [3.05, 3.63) is 12.5 Å². The van der Waals surface area contributed by atoms with Crippen LogP contribution in [0.1, 0.15) is 33.6 Å². The van der Waals surface area contributed by atoms with Gasteiger partial charge in [-0.2, -0.15) is 0 Å². The van der Waals surface area contributed by atoms with Crippen LogP contribution >= 0.6 is 0 Å². The smallest absolute Gasteiger partial charge is 0.257 e. The Labute approximate surface area is 96.7 Å². The lowest BCUT2D eigenvalue weighted by Crippen LogP contribution is -2.33. The second-order valence-corrected chi connectivity index (χ2v) is 6.09. The summed E-state index contributed by atoms with van der Waals surface area (Å²) in [6.07, 6.45) is 4.50. The highest BCUT2D eigenvalue weighted by molar-refractivity contribution is 7.89. The molecule has 0 saturated carbocycles. The zero-order valence-electron chi connectivity index (χ0n) is 9.90. The topological polar surface area (TPSA) is 74.8 Å². The van der Waals surface area contributed by atoms with Crippen LogP contribution in [0.2, 0.25) is 0 Å². The van der Waals surface area contributed by atoms with Crippen LogP contribution in [-0.4, -0.2) is 24.4 Å². The summed E-state index contributed by atoms with van der Waals surface area (Å²) >= 11 is 0. The molecule has 0 radical (unpaired) electrons. The lowest BCUT2D eigenvalue weighted by atomic mass is 10.1. The number of aromatic amines is 1. The molecule has 1 unspecified atom stereocenters. The normalized spacial score (nSPS) is 14.2. The minimum atomic E-state index is -3.43. The molecule has 2 N–H and O–H groups in total. The minimum Gasteiger partial charge on any atom is -0.335 e. The van der Waals surface area contributed by atoms with E-state index in [2.05, 4.69) is 28.5 Å². The van der Waals surface area contributed by atoms with Gasteiger partial charge in [0.05, 0.1) is 12.5 Å². The fraction of sp³-hybridized carbons (Fsp3) is 0.700. The fourth-order valence-corrected chi connectivity index (χ4v) is 2.54. The monoisotopic (exact) mass is 245 g/mol. The number of sulfonamides is 1. The van der Waals surface area contributed by atoms with Crippen molar-refractivity contribution >= 4 is 10.0 Å². The minimum absolute atomic E-state index is 0.0595. The maximum Gasteiger partial charge on any atom is 0.257 e. The molecule has 5 nitrogen and oxygen atoms in total. The van der Waals surface area contributed by atoms with Crippen LogP contribution in [0.25, 0.3) is 0 Å². The summed E-state index contributed by atoms with van der Waals surface area (Å²) in [4.78, 5) is 6.28. The Bertz CT molecular complexity index is 398. The van der Waals surface area contributed by atoms with E-state index >= 15 is 0 Å². The molecule has 0 aliphatic carbocycles. The Morgan fingerprint density at radius 3 is 2.56 bits per heavy atom. The number of hydrogen-bond donors (Lipinski definition) is 2. The summed E-state index contributed by atoms with van der Waals surface area (Å²) in [5.41, 5.74) is 0. The average Bonchev–Trinajstić information content (AvgIpc) is 2.67. The fourth-order valence-electron chi connectivity index (χ4n) is 1.36. The van der Waals surface area contributed by atoms with E-state index < -0.39 is 10.0 Å². The van der Waals surface area contributed by atoms with Crippen molar-refractivity contribution in [2.45, 2.75) is 44.7 Å². The summed E-state index contributed by atoms with van der Waals surface area (Å²) in [7, 11) is -3.43. The van der Waals surface area contributed by atoms with Crippen molar-refractivity contribution in [2.75, 3.05) is 0 Å². The highest BCUT2D eigenvalue weighted by atomic mass is 32.2. The predicted molar refractivity (Wildman–Crippen MR) is 62.4 cm³/mol. The molecule has 0 fully saturated rings. The van der Waals surface area contributed by atoms with E-state index in [0.717, 1.165) is 12.8 Å². The predicted octanol–water partition coefficient (Wildman–Crippen LogP) is 1.51. The first-order chi connectivity index (χ1) is 7.42. The van der Waals surface area contributed by atoms with Gasteiger partial charge in [-0.3, -0.25) is 0 Å². The number of nitrogens with one attached hydrogen (secondary N) is 2. The summed E-state index contributed by atoms with van der Waals surface area (Å²) < 4.78 is 26.1. The Morgan fingerprint density at radius 1 is 1.38 bits per heavy atom. The summed E-state index contributed by atoms with van der Waals surface area (Å²) in [6, 6.07) is -0.0595. The third-order valence-electron chi connectivity index (χ3n) is 2.30. The molecule has 0 aliphatic rings. The van der Waals surface area contributed by atoms with Gasteiger partial charge < -0.3 is 4.98 Å². The van der Waals surface area contributed by atoms with Crippen LogP contribution in [0.5, 0.6) is 0 Å².